The zero-order valence-corrected chi connectivity index (χ0v) is 12.1. The van der Waals surface area contributed by atoms with E-state index in [0.717, 1.165) is 18.9 Å². The van der Waals surface area contributed by atoms with Crippen LogP contribution in [0.2, 0.25) is 0 Å². The maximum Gasteiger partial charge on any atom is 0.335 e. The highest BCUT2D eigenvalue weighted by Gasteiger charge is 2.13. The minimum Gasteiger partial charge on any atom is -0.490 e. The smallest absolute Gasteiger partial charge is 0.335 e. The number of esters is 1. The first-order chi connectivity index (χ1) is 10.1. The maximum absolute atomic E-state index is 11.3. The van der Waals surface area contributed by atoms with Crippen LogP contribution in [0.15, 0.2) is 36.9 Å². The summed E-state index contributed by atoms with van der Waals surface area (Å²) in [5, 5.41) is 8.81. The van der Waals surface area contributed by atoms with Gasteiger partial charge < -0.3 is 14.6 Å². The zero-order valence-electron chi connectivity index (χ0n) is 12.1. The molecular formula is C16H20O5. The van der Waals surface area contributed by atoms with Crippen LogP contribution in [0.5, 0.6) is 5.75 Å². The van der Waals surface area contributed by atoms with Crippen LogP contribution in [0, 0.1) is 0 Å². The first kappa shape index (κ1) is 16.8. The Morgan fingerprint density at radius 2 is 2.00 bits per heavy atom. The molecule has 0 saturated heterocycles. The van der Waals surface area contributed by atoms with Gasteiger partial charge in [-0.1, -0.05) is 19.9 Å². The van der Waals surface area contributed by atoms with Crippen molar-refractivity contribution in [1.29, 1.82) is 0 Å². The number of carbonyl (C=O) groups excluding carboxylic acids is 1. The molecule has 0 spiro atoms. The number of benzene rings is 1. The number of carboxylic acid groups (broad SMARTS) is 1. The van der Waals surface area contributed by atoms with Crippen molar-refractivity contribution in [2.75, 3.05) is 6.61 Å². The van der Waals surface area contributed by atoms with Crippen molar-refractivity contribution in [2.45, 2.75) is 32.3 Å². The summed E-state index contributed by atoms with van der Waals surface area (Å²) in [4.78, 5) is 22.0. The van der Waals surface area contributed by atoms with Crippen molar-refractivity contribution in [1.82, 2.24) is 0 Å². The monoisotopic (exact) mass is 292 g/mol. The van der Waals surface area contributed by atoms with Gasteiger partial charge in [0.05, 0.1) is 5.56 Å². The van der Waals surface area contributed by atoms with Gasteiger partial charge in [-0.2, -0.15) is 0 Å². The van der Waals surface area contributed by atoms with Crippen LogP contribution in [0.25, 0.3) is 0 Å². The molecule has 5 heteroatoms. The number of carboxylic acids is 1. The highest BCUT2D eigenvalue weighted by atomic mass is 16.6. The molecule has 1 N–H and O–H groups in total. The molecule has 0 amide bonds. The van der Waals surface area contributed by atoms with Gasteiger partial charge in [0.25, 0.3) is 0 Å². The molecule has 0 heterocycles. The van der Waals surface area contributed by atoms with Gasteiger partial charge in [-0.15, -0.1) is 0 Å². The number of unbranched alkanes of at least 4 members (excludes halogenated alkanes) is 1. The average Bonchev–Trinajstić information content (AvgIpc) is 2.50. The number of hydrogen-bond acceptors (Lipinski definition) is 4. The first-order valence-electron chi connectivity index (χ1n) is 6.86. The van der Waals surface area contributed by atoms with E-state index in [4.69, 9.17) is 14.6 Å². The minimum atomic E-state index is -0.984. The molecule has 0 bridgehead atoms. The van der Waals surface area contributed by atoms with E-state index in [2.05, 4.69) is 13.5 Å². The van der Waals surface area contributed by atoms with Crippen LogP contribution in [-0.2, 0) is 9.53 Å². The molecule has 1 atom stereocenters. The van der Waals surface area contributed by atoms with Crippen molar-refractivity contribution in [3.8, 4) is 5.75 Å². The molecule has 0 saturated carbocycles. The number of carbonyl (C=O) groups is 2. The molecular weight excluding hydrogens is 272 g/mol. The molecule has 1 aromatic rings. The number of hydrogen-bond donors (Lipinski definition) is 1. The third-order valence-electron chi connectivity index (χ3n) is 2.87. The van der Waals surface area contributed by atoms with E-state index >= 15 is 0 Å². The van der Waals surface area contributed by atoms with Gasteiger partial charge in [-0.25, -0.2) is 9.59 Å². The van der Waals surface area contributed by atoms with Gasteiger partial charge in [0, 0.05) is 6.08 Å². The van der Waals surface area contributed by atoms with Crippen LogP contribution in [0.4, 0.5) is 0 Å². The van der Waals surface area contributed by atoms with Gasteiger partial charge in [-0.05, 0) is 37.1 Å². The lowest BCUT2D eigenvalue weighted by atomic mass is 10.1. The molecule has 0 aliphatic carbocycles. The summed E-state index contributed by atoms with van der Waals surface area (Å²) in [6.45, 7) is 5.65. The fraction of sp³-hybridized carbons (Fsp3) is 0.375. The summed E-state index contributed by atoms with van der Waals surface area (Å²) in [5.41, 5.74) is 0.197. The minimum absolute atomic E-state index is 0.197. The highest BCUT2D eigenvalue weighted by Crippen LogP contribution is 2.14. The SMILES string of the molecule is C=CC(=O)OC(CCCC)COc1ccc(C(=O)O)cc1. The quantitative estimate of drug-likeness (QED) is 0.559. The van der Waals surface area contributed by atoms with Gasteiger partial charge in [-0.3, -0.25) is 0 Å². The summed E-state index contributed by atoms with van der Waals surface area (Å²) in [7, 11) is 0. The van der Waals surface area contributed by atoms with Gasteiger partial charge in [0.2, 0.25) is 0 Å². The normalized spacial score (nSPS) is 11.5. The Morgan fingerprint density at radius 1 is 1.33 bits per heavy atom. The Labute approximate surface area is 124 Å². The van der Waals surface area contributed by atoms with Crippen LogP contribution < -0.4 is 4.74 Å². The maximum atomic E-state index is 11.3. The third kappa shape index (κ3) is 6.12. The number of aromatic carboxylic acids is 1. The fourth-order valence-corrected chi connectivity index (χ4v) is 1.70. The Bertz CT molecular complexity index is 478. The average molecular weight is 292 g/mol. The Balaban J connectivity index is 2.56. The van der Waals surface area contributed by atoms with Crippen molar-refractivity contribution < 1.29 is 24.2 Å². The first-order valence-corrected chi connectivity index (χ1v) is 6.86. The second kappa shape index (κ2) is 8.79. The lowest BCUT2D eigenvalue weighted by Gasteiger charge is -2.17. The molecule has 1 aromatic carbocycles. The largest absolute Gasteiger partial charge is 0.490 e. The standard InChI is InChI=1S/C16H20O5/c1-3-5-6-14(21-15(17)4-2)11-20-13-9-7-12(8-10-13)16(18)19/h4,7-10,14H,2-3,5-6,11H2,1H3,(H,18,19). The third-order valence-corrected chi connectivity index (χ3v) is 2.87. The van der Waals surface area contributed by atoms with Crippen LogP contribution in [0.3, 0.4) is 0 Å². The van der Waals surface area contributed by atoms with Crippen LogP contribution in [0.1, 0.15) is 36.5 Å². The van der Waals surface area contributed by atoms with E-state index in [-0.39, 0.29) is 18.3 Å². The summed E-state index contributed by atoms with van der Waals surface area (Å²) in [6, 6.07) is 6.09. The Hall–Kier alpha value is -2.30. The van der Waals surface area contributed by atoms with E-state index in [1.807, 2.05) is 0 Å². The van der Waals surface area contributed by atoms with E-state index in [0.29, 0.717) is 12.2 Å². The molecule has 5 nitrogen and oxygen atoms in total. The van der Waals surface area contributed by atoms with Crippen LogP contribution >= 0.6 is 0 Å². The Kier molecular flexibility index (Phi) is 7.01. The molecule has 1 unspecified atom stereocenters. The van der Waals surface area contributed by atoms with Crippen molar-refractivity contribution in [3.63, 3.8) is 0 Å². The van der Waals surface area contributed by atoms with Crippen molar-refractivity contribution in [2.24, 2.45) is 0 Å². The zero-order chi connectivity index (χ0) is 15.7. The number of rotatable bonds is 9. The highest BCUT2D eigenvalue weighted by molar-refractivity contribution is 5.87. The fourth-order valence-electron chi connectivity index (χ4n) is 1.70. The second-order valence-corrected chi connectivity index (χ2v) is 4.55. The molecule has 1 rings (SSSR count). The van der Waals surface area contributed by atoms with E-state index in [1.165, 1.54) is 12.1 Å². The van der Waals surface area contributed by atoms with Gasteiger partial charge in [0.1, 0.15) is 18.5 Å². The summed E-state index contributed by atoms with van der Waals surface area (Å²) in [5.74, 6) is -0.917. The van der Waals surface area contributed by atoms with Crippen molar-refractivity contribution in [3.05, 3.63) is 42.5 Å². The van der Waals surface area contributed by atoms with Gasteiger partial charge in [0.15, 0.2) is 0 Å². The topological polar surface area (TPSA) is 72.8 Å². The van der Waals surface area contributed by atoms with Crippen molar-refractivity contribution >= 4 is 11.9 Å². The molecule has 21 heavy (non-hydrogen) atoms. The predicted octanol–water partition coefficient (Wildman–Crippen LogP) is 3.05. The molecule has 0 aliphatic heterocycles. The lowest BCUT2D eigenvalue weighted by molar-refractivity contribution is -0.144. The predicted molar refractivity (Wildman–Crippen MR) is 78.5 cm³/mol. The molecule has 0 radical (unpaired) electrons. The van der Waals surface area contributed by atoms with Gasteiger partial charge >= 0.3 is 11.9 Å². The van der Waals surface area contributed by atoms with Crippen LogP contribution in [-0.4, -0.2) is 29.8 Å². The summed E-state index contributed by atoms with van der Waals surface area (Å²) < 4.78 is 10.8. The summed E-state index contributed by atoms with van der Waals surface area (Å²) in [6.07, 6.45) is 3.42. The molecule has 114 valence electrons. The second-order valence-electron chi connectivity index (χ2n) is 4.55. The molecule has 0 aliphatic rings. The van der Waals surface area contributed by atoms with E-state index in [1.54, 1.807) is 12.1 Å². The Morgan fingerprint density at radius 3 is 2.52 bits per heavy atom. The number of ether oxygens (including phenoxy) is 2. The van der Waals surface area contributed by atoms with E-state index < -0.39 is 11.9 Å². The lowest BCUT2D eigenvalue weighted by Crippen LogP contribution is -2.24. The molecule has 0 fully saturated rings. The summed E-state index contributed by atoms with van der Waals surface area (Å²) >= 11 is 0. The molecule has 0 aromatic heterocycles. The van der Waals surface area contributed by atoms with E-state index in [9.17, 15) is 9.59 Å².